The summed E-state index contributed by atoms with van der Waals surface area (Å²) in [5.41, 5.74) is 5.58. The van der Waals surface area contributed by atoms with Crippen LogP contribution in [0, 0.1) is 0 Å². The van der Waals surface area contributed by atoms with Crippen molar-refractivity contribution in [1.82, 2.24) is 0 Å². The highest BCUT2D eigenvalue weighted by molar-refractivity contribution is 4.67. The van der Waals surface area contributed by atoms with E-state index in [4.69, 9.17) is 5.73 Å². The molecule has 0 aromatic rings. The van der Waals surface area contributed by atoms with Gasteiger partial charge in [-0.05, 0) is 26.7 Å². The lowest BCUT2D eigenvalue weighted by Gasteiger charge is -2.13. The van der Waals surface area contributed by atoms with Crippen molar-refractivity contribution in [2.45, 2.75) is 46.1 Å². The van der Waals surface area contributed by atoms with Gasteiger partial charge < -0.3 is 5.73 Å². The smallest absolute Gasteiger partial charge is 0.00944 e. The van der Waals surface area contributed by atoms with Gasteiger partial charge >= 0.3 is 0 Å². The van der Waals surface area contributed by atoms with E-state index in [-0.39, 0.29) is 5.54 Å². The maximum atomic E-state index is 5.53. The van der Waals surface area contributed by atoms with Crippen LogP contribution in [0.1, 0.15) is 40.5 Å². The maximum Gasteiger partial charge on any atom is 0.00944 e. The topological polar surface area (TPSA) is 26.0 Å². The largest absolute Gasteiger partial charge is 0.326 e. The van der Waals surface area contributed by atoms with Gasteiger partial charge in [0.1, 0.15) is 0 Å². The predicted molar refractivity (Wildman–Crippen MR) is 49.0 cm³/mol. The molecule has 0 aliphatic rings. The van der Waals surface area contributed by atoms with Crippen LogP contribution in [0.2, 0.25) is 0 Å². The second-order valence-electron chi connectivity index (χ2n) is 3.04. The molecule has 10 heavy (non-hydrogen) atoms. The molecule has 0 unspecified atom stereocenters. The van der Waals surface area contributed by atoms with Crippen LogP contribution in [0.4, 0.5) is 0 Å². The zero-order valence-corrected chi connectivity index (χ0v) is 7.78. The van der Waals surface area contributed by atoms with Gasteiger partial charge in [0.05, 0.1) is 0 Å². The third-order valence-corrected chi connectivity index (χ3v) is 1.20. The van der Waals surface area contributed by atoms with Crippen LogP contribution in [0.15, 0.2) is 12.7 Å². The Morgan fingerprint density at radius 2 is 1.60 bits per heavy atom. The van der Waals surface area contributed by atoms with Gasteiger partial charge in [0.25, 0.3) is 0 Å². The standard InChI is InChI=1S/C5H13N.C4H8/c1-4-5(2,3)6;1-3-4-2/h4,6H2,1-3H3;3H,1,4H2,2H3. The summed E-state index contributed by atoms with van der Waals surface area (Å²) in [4.78, 5) is 0. The van der Waals surface area contributed by atoms with Crippen LogP contribution in [0.5, 0.6) is 0 Å². The lowest BCUT2D eigenvalue weighted by atomic mass is 10.1. The van der Waals surface area contributed by atoms with Gasteiger partial charge in [-0.15, -0.1) is 6.58 Å². The molecule has 0 rings (SSSR count). The zero-order chi connectivity index (χ0) is 8.62. The summed E-state index contributed by atoms with van der Waals surface area (Å²) in [5.74, 6) is 0. The Morgan fingerprint density at radius 3 is 1.60 bits per heavy atom. The molecule has 0 saturated heterocycles. The summed E-state index contributed by atoms with van der Waals surface area (Å²) in [5, 5.41) is 0. The third kappa shape index (κ3) is 25.2. The number of allylic oxidation sites excluding steroid dienone is 1. The van der Waals surface area contributed by atoms with E-state index in [1.165, 1.54) is 0 Å². The third-order valence-electron chi connectivity index (χ3n) is 1.20. The first kappa shape index (κ1) is 12.4. The fourth-order valence-electron chi connectivity index (χ4n) is 0. The van der Waals surface area contributed by atoms with E-state index in [0.29, 0.717) is 0 Å². The molecule has 0 heterocycles. The van der Waals surface area contributed by atoms with E-state index in [9.17, 15) is 0 Å². The van der Waals surface area contributed by atoms with Gasteiger partial charge in [0.2, 0.25) is 0 Å². The van der Waals surface area contributed by atoms with Crippen molar-refractivity contribution in [3.8, 4) is 0 Å². The molecule has 0 fully saturated rings. The van der Waals surface area contributed by atoms with Crippen molar-refractivity contribution in [3.05, 3.63) is 12.7 Å². The molecule has 2 N–H and O–H groups in total. The van der Waals surface area contributed by atoms with Gasteiger partial charge in [-0.3, -0.25) is 0 Å². The van der Waals surface area contributed by atoms with Crippen molar-refractivity contribution >= 4 is 0 Å². The SMILES string of the molecule is C=CCC.CCC(C)(C)N. The number of hydrogen-bond donors (Lipinski definition) is 1. The van der Waals surface area contributed by atoms with Crippen molar-refractivity contribution < 1.29 is 0 Å². The molecular formula is C9H21N. The molecule has 0 aliphatic heterocycles. The Labute approximate surface area is 65.3 Å². The number of rotatable bonds is 2. The second kappa shape index (κ2) is 6.81. The number of nitrogens with two attached hydrogens (primary N) is 1. The van der Waals surface area contributed by atoms with Gasteiger partial charge in [0, 0.05) is 5.54 Å². The van der Waals surface area contributed by atoms with E-state index in [2.05, 4.69) is 20.4 Å². The quantitative estimate of drug-likeness (QED) is 0.591. The molecule has 62 valence electrons. The Bertz CT molecular complexity index is 69.3. The predicted octanol–water partition coefficient (Wildman–Crippen LogP) is 2.72. The van der Waals surface area contributed by atoms with Crippen LogP contribution >= 0.6 is 0 Å². The maximum absolute atomic E-state index is 5.53. The summed E-state index contributed by atoms with van der Waals surface area (Å²) in [7, 11) is 0. The Hall–Kier alpha value is -0.300. The molecule has 0 bridgehead atoms. The minimum absolute atomic E-state index is 0.0417. The minimum Gasteiger partial charge on any atom is -0.326 e. The molecule has 0 aromatic carbocycles. The number of hydrogen-bond acceptors (Lipinski definition) is 1. The Kier molecular flexibility index (Phi) is 8.44. The lowest BCUT2D eigenvalue weighted by molar-refractivity contribution is 0.501. The molecular weight excluding hydrogens is 122 g/mol. The summed E-state index contributed by atoms with van der Waals surface area (Å²) >= 11 is 0. The van der Waals surface area contributed by atoms with Crippen LogP contribution in [-0.4, -0.2) is 5.54 Å². The van der Waals surface area contributed by atoms with Crippen LogP contribution in [-0.2, 0) is 0 Å². The Morgan fingerprint density at radius 1 is 1.40 bits per heavy atom. The summed E-state index contributed by atoms with van der Waals surface area (Å²) in [6.45, 7) is 11.7. The molecule has 0 spiro atoms. The average Bonchev–Trinajstić information content (AvgIpc) is 1.87. The van der Waals surface area contributed by atoms with Crippen LogP contribution < -0.4 is 5.73 Å². The van der Waals surface area contributed by atoms with E-state index in [0.717, 1.165) is 12.8 Å². The van der Waals surface area contributed by atoms with Gasteiger partial charge in [-0.2, -0.15) is 0 Å². The molecule has 0 atom stereocenters. The van der Waals surface area contributed by atoms with Gasteiger partial charge in [-0.25, -0.2) is 0 Å². The zero-order valence-electron chi connectivity index (χ0n) is 7.78. The van der Waals surface area contributed by atoms with E-state index in [1.807, 2.05) is 19.9 Å². The van der Waals surface area contributed by atoms with Gasteiger partial charge in [0.15, 0.2) is 0 Å². The molecule has 0 amide bonds. The highest BCUT2D eigenvalue weighted by Gasteiger charge is 2.03. The molecule has 0 radical (unpaired) electrons. The minimum atomic E-state index is 0.0417. The highest BCUT2D eigenvalue weighted by atomic mass is 14.7. The normalized spacial score (nSPS) is 9.70. The molecule has 1 nitrogen and oxygen atoms in total. The van der Waals surface area contributed by atoms with E-state index in [1.54, 1.807) is 0 Å². The van der Waals surface area contributed by atoms with Crippen LogP contribution in [0.25, 0.3) is 0 Å². The van der Waals surface area contributed by atoms with E-state index >= 15 is 0 Å². The van der Waals surface area contributed by atoms with Crippen molar-refractivity contribution in [1.29, 1.82) is 0 Å². The summed E-state index contributed by atoms with van der Waals surface area (Å²) in [6, 6.07) is 0. The van der Waals surface area contributed by atoms with Gasteiger partial charge in [-0.1, -0.05) is 19.9 Å². The van der Waals surface area contributed by atoms with Crippen molar-refractivity contribution in [3.63, 3.8) is 0 Å². The fourth-order valence-corrected chi connectivity index (χ4v) is 0. The highest BCUT2D eigenvalue weighted by Crippen LogP contribution is 1.99. The van der Waals surface area contributed by atoms with Crippen LogP contribution in [0.3, 0.4) is 0 Å². The van der Waals surface area contributed by atoms with Crippen molar-refractivity contribution in [2.75, 3.05) is 0 Å². The monoisotopic (exact) mass is 143 g/mol. The molecule has 0 aromatic heterocycles. The first-order valence-corrected chi connectivity index (χ1v) is 3.87. The van der Waals surface area contributed by atoms with Crippen molar-refractivity contribution in [2.24, 2.45) is 5.73 Å². The summed E-state index contributed by atoms with van der Waals surface area (Å²) in [6.07, 6.45) is 4.01. The fraction of sp³-hybridized carbons (Fsp3) is 0.778. The molecule has 0 saturated carbocycles. The summed E-state index contributed by atoms with van der Waals surface area (Å²) < 4.78 is 0. The second-order valence-corrected chi connectivity index (χ2v) is 3.04. The molecule has 1 heteroatoms. The Balaban J connectivity index is 0. The first-order valence-electron chi connectivity index (χ1n) is 3.87. The first-order chi connectivity index (χ1) is 4.47. The lowest BCUT2D eigenvalue weighted by Crippen LogP contribution is -2.30. The van der Waals surface area contributed by atoms with E-state index < -0.39 is 0 Å². The molecule has 0 aliphatic carbocycles. The average molecular weight is 143 g/mol.